The van der Waals surface area contributed by atoms with Gasteiger partial charge < -0.3 is 5.11 Å². The summed E-state index contributed by atoms with van der Waals surface area (Å²) in [4.78, 5) is 11.2. The standard InChI is InChI=1S/C13H14ClN3O2/c1-8(2)17-11(12(13(18)19)15-16-17)7-9-5-3-4-6-10(9)14/h3-6,8H,7H2,1-2H3,(H,18,19). The fourth-order valence-corrected chi connectivity index (χ4v) is 2.08. The van der Waals surface area contributed by atoms with Crippen molar-refractivity contribution in [2.45, 2.75) is 26.3 Å². The molecule has 0 aliphatic carbocycles. The number of carboxylic acids is 1. The molecule has 1 N–H and O–H groups in total. The highest BCUT2D eigenvalue weighted by Gasteiger charge is 2.21. The molecule has 0 radical (unpaired) electrons. The fourth-order valence-electron chi connectivity index (χ4n) is 1.88. The van der Waals surface area contributed by atoms with Crippen molar-refractivity contribution in [3.63, 3.8) is 0 Å². The van der Waals surface area contributed by atoms with E-state index >= 15 is 0 Å². The van der Waals surface area contributed by atoms with Gasteiger partial charge in [-0.1, -0.05) is 35.0 Å². The van der Waals surface area contributed by atoms with Crippen LogP contribution in [0.25, 0.3) is 0 Å². The maximum Gasteiger partial charge on any atom is 0.358 e. The first-order chi connectivity index (χ1) is 9.00. The van der Waals surface area contributed by atoms with Crippen LogP contribution in [0.2, 0.25) is 5.02 Å². The zero-order valence-corrected chi connectivity index (χ0v) is 11.4. The van der Waals surface area contributed by atoms with Gasteiger partial charge >= 0.3 is 5.97 Å². The van der Waals surface area contributed by atoms with E-state index in [2.05, 4.69) is 10.3 Å². The van der Waals surface area contributed by atoms with Gasteiger partial charge in [-0.15, -0.1) is 5.10 Å². The maximum absolute atomic E-state index is 11.2. The average Bonchev–Trinajstić information content (AvgIpc) is 2.76. The smallest absolute Gasteiger partial charge is 0.358 e. The normalized spacial score (nSPS) is 10.9. The van der Waals surface area contributed by atoms with Crippen LogP contribution in [0.4, 0.5) is 0 Å². The predicted molar refractivity (Wildman–Crippen MR) is 71.6 cm³/mol. The predicted octanol–water partition coefficient (Wildman–Crippen LogP) is 2.80. The number of benzene rings is 1. The third kappa shape index (κ3) is 2.76. The minimum Gasteiger partial charge on any atom is -0.476 e. The van der Waals surface area contributed by atoms with E-state index < -0.39 is 5.97 Å². The third-order valence-electron chi connectivity index (χ3n) is 2.80. The first-order valence-corrected chi connectivity index (χ1v) is 6.29. The van der Waals surface area contributed by atoms with Crippen LogP contribution in [-0.4, -0.2) is 26.1 Å². The lowest BCUT2D eigenvalue weighted by Gasteiger charge is -2.11. The van der Waals surface area contributed by atoms with E-state index in [0.717, 1.165) is 5.56 Å². The van der Waals surface area contributed by atoms with Gasteiger partial charge in [0.25, 0.3) is 0 Å². The minimum absolute atomic E-state index is 0.0198. The molecule has 0 fully saturated rings. The molecule has 2 rings (SSSR count). The van der Waals surface area contributed by atoms with E-state index in [1.165, 1.54) is 0 Å². The van der Waals surface area contributed by atoms with E-state index in [0.29, 0.717) is 17.1 Å². The number of hydrogen-bond donors (Lipinski definition) is 1. The second kappa shape index (κ2) is 5.40. The minimum atomic E-state index is -1.08. The Labute approximate surface area is 115 Å². The van der Waals surface area contributed by atoms with E-state index in [9.17, 15) is 4.79 Å². The molecule has 19 heavy (non-hydrogen) atoms. The Morgan fingerprint density at radius 2 is 2.11 bits per heavy atom. The number of halogens is 1. The topological polar surface area (TPSA) is 68.0 Å². The van der Waals surface area contributed by atoms with Gasteiger partial charge in [-0.3, -0.25) is 0 Å². The number of aromatic nitrogens is 3. The monoisotopic (exact) mass is 279 g/mol. The summed E-state index contributed by atoms with van der Waals surface area (Å²) in [5.74, 6) is -1.08. The zero-order chi connectivity index (χ0) is 14.0. The summed E-state index contributed by atoms with van der Waals surface area (Å²) in [6.45, 7) is 3.85. The Bertz CT molecular complexity index is 608. The molecule has 6 heteroatoms. The molecule has 0 saturated carbocycles. The van der Waals surface area contributed by atoms with Crippen molar-refractivity contribution in [3.8, 4) is 0 Å². The van der Waals surface area contributed by atoms with Gasteiger partial charge in [0.2, 0.25) is 0 Å². The molecule has 0 spiro atoms. The molecule has 2 aromatic rings. The Balaban J connectivity index is 2.46. The summed E-state index contributed by atoms with van der Waals surface area (Å²) in [6.07, 6.45) is 0.395. The van der Waals surface area contributed by atoms with Crippen molar-refractivity contribution in [1.29, 1.82) is 0 Å². The Morgan fingerprint density at radius 3 is 2.68 bits per heavy atom. The number of carbonyl (C=O) groups is 1. The molecule has 0 unspecified atom stereocenters. The lowest BCUT2D eigenvalue weighted by atomic mass is 10.1. The van der Waals surface area contributed by atoms with Crippen molar-refractivity contribution in [2.24, 2.45) is 0 Å². The average molecular weight is 280 g/mol. The quantitative estimate of drug-likeness (QED) is 0.934. The lowest BCUT2D eigenvalue weighted by Crippen LogP contribution is -2.11. The molecule has 0 amide bonds. The van der Waals surface area contributed by atoms with Crippen molar-refractivity contribution in [3.05, 3.63) is 46.2 Å². The Morgan fingerprint density at radius 1 is 1.42 bits per heavy atom. The Kier molecular flexibility index (Phi) is 3.85. The SMILES string of the molecule is CC(C)n1nnc(C(=O)O)c1Cc1ccccc1Cl. The fraction of sp³-hybridized carbons (Fsp3) is 0.308. The third-order valence-corrected chi connectivity index (χ3v) is 3.17. The highest BCUT2D eigenvalue weighted by Crippen LogP contribution is 2.21. The summed E-state index contributed by atoms with van der Waals surface area (Å²) >= 11 is 6.11. The summed E-state index contributed by atoms with van der Waals surface area (Å²) < 4.78 is 1.62. The first kappa shape index (κ1) is 13.5. The summed E-state index contributed by atoms with van der Waals surface area (Å²) in [7, 11) is 0. The van der Waals surface area contributed by atoms with Crippen LogP contribution in [0.3, 0.4) is 0 Å². The second-order valence-electron chi connectivity index (χ2n) is 4.50. The van der Waals surface area contributed by atoms with Gasteiger partial charge in [0.1, 0.15) is 0 Å². The van der Waals surface area contributed by atoms with E-state index in [4.69, 9.17) is 16.7 Å². The van der Waals surface area contributed by atoms with Gasteiger partial charge in [0, 0.05) is 17.5 Å². The molecule has 5 nitrogen and oxygen atoms in total. The molecular weight excluding hydrogens is 266 g/mol. The molecule has 1 heterocycles. The summed E-state index contributed by atoms with van der Waals surface area (Å²) in [5, 5.41) is 17.4. The van der Waals surface area contributed by atoms with Gasteiger partial charge in [0.15, 0.2) is 5.69 Å². The van der Waals surface area contributed by atoms with Crippen LogP contribution in [0.5, 0.6) is 0 Å². The van der Waals surface area contributed by atoms with E-state index in [-0.39, 0.29) is 11.7 Å². The molecule has 0 saturated heterocycles. The molecule has 0 atom stereocenters. The number of hydrogen-bond acceptors (Lipinski definition) is 3. The lowest BCUT2D eigenvalue weighted by molar-refractivity contribution is 0.0689. The van der Waals surface area contributed by atoms with E-state index in [1.54, 1.807) is 10.7 Å². The number of carboxylic acid groups (broad SMARTS) is 1. The Hall–Kier alpha value is -1.88. The van der Waals surface area contributed by atoms with Crippen LogP contribution in [-0.2, 0) is 6.42 Å². The molecular formula is C13H14ClN3O2. The van der Waals surface area contributed by atoms with Crippen LogP contribution in [0, 0.1) is 0 Å². The second-order valence-corrected chi connectivity index (χ2v) is 4.90. The summed E-state index contributed by atoms with van der Waals surface area (Å²) in [5.41, 5.74) is 1.40. The summed E-state index contributed by atoms with van der Waals surface area (Å²) in [6, 6.07) is 7.39. The zero-order valence-electron chi connectivity index (χ0n) is 10.7. The first-order valence-electron chi connectivity index (χ1n) is 5.91. The van der Waals surface area contributed by atoms with Crippen molar-refractivity contribution in [2.75, 3.05) is 0 Å². The molecule has 100 valence electrons. The molecule has 1 aromatic heterocycles. The molecule has 0 aliphatic heterocycles. The van der Waals surface area contributed by atoms with E-state index in [1.807, 2.05) is 32.0 Å². The molecule has 0 bridgehead atoms. The number of rotatable bonds is 4. The van der Waals surface area contributed by atoms with Crippen LogP contribution in [0.15, 0.2) is 24.3 Å². The van der Waals surface area contributed by atoms with Gasteiger partial charge in [0.05, 0.1) is 5.69 Å². The number of nitrogens with zero attached hydrogens (tertiary/aromatic N) is 3. The van der Waals surface area contributed by atoms with Gasteiger partial charge in [-0.05, 0) is 25.5 Å². The maximum atomic E-state index is 11.2. The molecule has 0 aliphatic rings. The number of aromatic carboxylic acids is 1. The van der Waals surface area contributed by atoms with Gasteiger partial charge in [-0.25, -0.2) is 9.48 Å². The molecule has 1 aromatic carbocycles. The highest BCUT2D eigenvalue weighted by molar-refractivity contribution is 6.31. The highest BCUT2D eigenvalue weighted by atomic mass is 35.5. The van der Waals surface area contributed by atoms with Crippen molar-refractivity contribution >= 4 is 17.6 Å². The van der Waals surface area contributed by atoms with Crippen molar-refractivity contribution in [1.82, 2.24) is 15.0 Å². The van der Waals surface area contributed by atoms with Gasteiger partial charge in [-0.2, -0.15) is 0 Å². The van der Waals surface area contributed by atoms with Crippen LogP contribution in [0.1, 0.15) is 41.6 Å². The van der Waals surface area contributed by atoms with Crippen molar-refractivity contribution < 1.29 is 9.90 Å². The largest absolute Gasteiger partial charge is 0.476 e. The van der Waals surface area contributed by atoms with Crippen LogP contribution >= 0.6 is 11.6 Å². The van der Waals surface area contributed by atoms with Crippen LogP contribution < -0.4 is 0 Å².